The van der Waals surface area contributed by atoms with E-state index in [1.54, 1.807) is 0 Å². The van der Waals surface area contributed by atoms with Crippen molar-refractivity contribution in [3.05, 3.63) is 0 Å². The zero-order chi connectivity index (χ0) is 10.2. The van der Waals surface area contributed by atoms with Crippen LogP contribution in [-0.2, 0) is 0 Å². The molecule has 0 saturated heterocycles. The monoisotopic (exact) mass is 199 g/mol. The summed E-state index contributed by atoms with van der Waals surface area (Å²) in [7, 11) is 0. The van der Waals surface area contributed by atoms with Crippen LogP contribution >= 0.6 is 0 Å². The summed E-state index contributed by atoms with van der Waals surface area (Å²) in [5.41, 5.74) is 0. The Balaban J connectivity index is 3.00. The number of rotatable bonds is 7. The summed E-state index contributed by atoms with van der Waals surface area (Å²) >= 11 is 0. The third-order valence-corrected chi connectivity index (χ3v) is 1.60. The first-order chi connectivity index (χ1) is 6.06. The van der Waals surface area contributed by atoms with E-state index in [2.05, 4.69) is 5.32 Å². The van der Waals surface area contributed by atoms with Crippen LogP contribution in [0.5, 0.6) is 0 Å². The molecule has 0 spiro atoms. The molecule has 0 atom stereocenters. The third kappa shape index (κ3) is 11.7. The second kappa shape index (κ2) is 7.15. The van der Waals surface area contributed by atoms with Crippen molar-refractivity contribution in [1.82, 2.24) is 5.32 Å². The van der Waals surface area contributed by atoms with Crippen LogP contribution in [0.25, 0.3) is 0 Å². The Morgan fingerprint density at radius 3 is 2.23 bits per heavy atom. The third-order valence-electron chi connectivity index (χ3n) is 1.60. The molecule has 0 aliphatic rings. The largest absolute Gasteiger partial charge is 0.396 e. The zero-order valence-corrected chi connectivity index (χ0v) is 7.53. The number of unbranched alkanes of at least 4 members (excludes halogenated alkanes) is 2. The van der Waals surface area contributed by atoms with Gasteiger partial charge in [0.25, 0.3) is 0 Å². The lowest BCUT2D eigenvalue weighted by Crippen LogP contribution is -2.22. The second-order valence-electron chi connectivity index (χ2n) is 2.90. The van der Waals surface area contributed by atoms with Crippen molar-refractivity contribution in [2.24, 2.45) is 0 Å². The zero-order valence-electron chi connectivity index (χ0n) is 7.53. The van der Waals surface area contributed by atoms with E-state index >= 15 is 0 Å². The van der Waals surface area contributed by atoms with Gasteiger partial charge in [0, 0.05) is 13.2 Å². The minimum Gasteiger partial charge on any atom is -0.396 e. The fourth-order valence-electron chi connectivity index (χ4n) is 0.894. The SMILES string of the molecule is OCCCCCNCCC(F)(F)F. The summed E-state index contributed by atoms with van der Waals surface area (Å²) in [5, 5.41) is 11.1. The first-order valence-electron chi connectivity index (χ1n) is 4.44. The molecule has 0 unspecified atom stereocenters. The molecule has 80 valence electrons. The van der Waals surface area contributed by atoms with Gasteiger partial charge in [-0.25, -0.2) is 0 Å². The molecule has 0 aromatic rings. The molecule has 2 N–H and O–H groups in total. The molecule has 0 aromatic carbocycles. The Bertz CT molecular complexity index is 116. The Labute approximate surface area is 76.1 Å². The molecule has 13 heavy (non-hydrogen) atoms. The molecule has 0 heterocycles. The lowest BCUT2D eigenvalue weighted by atomic mass is 10.2. The maximum Gasteiger partial charge on any atom is 0.390 e. The molecule has 0 saturated carbocycles. The summed E-state index contributed by atoms with van der Waals surface area (Å²) in [4.78, 5) is 0. The maximum absolute atomic E-state index is 11.6. The molecule has 5 heteroatoms. The Morgan fingerprint density at radius 1 is 1.00 bits per heavy atom. The number of nitrogens with one attached hydrogen (secondary N) is 1. The standard InChI is InChI=1S/C8H16F3NO/c9-8(10,11)4-6-12-5-2-1-3-7-13/h12-13H,1-7H2. The van der Waals surface area contributed by atoms with Crippen LogP contribution in [0.15, 0.2) is 0 Å². The fourth-order valence-corrected chi connectivity index (χ4v) is 0.894. The van der Waals surface area contributed by atoms with E-state index < -0.39 is 12.6 Å². The van der Waals surface area contributed by atoms with Gasteiger partial charge in [-0.1, -0.05) is 0 Å². The van der Waals surface area contributed by atoms with Crippen LogP contribution in [0, 0.1) is 0 Å². The lowest BCUT2D eigenvalue weighted by Gasteiger charge is -2.06. The quantitative estimate of drug-likeness (QED) is 0.611. The number of hydrogen-bond donors (Lipinski definition) is 2. The van der Waals surface area contributed by atoms with Crippen LogP contribution in [0.2, 0.25) is 0 Å². The summed E-state index contributed by atoms with van der Waals surface area (Å²) in [6, 6.07) is 0. The van der Waals surface area contributed by atoms with Crippen LogP contribution < -0.4 is 5.32 Å². The molecule has 0 aliphatic carbocycles. The molecule has 2 nitrogen and oxygen atoms in total. The number of alkyl halides is 3. The van der Waals surface area contributed by atoms with Gasteiger partial charge in [0.2, 0.25) is 0 Å². The van der Waals surface area contributed by atoms with Crippen molar-refractivity contribution >= 4 is 0 Å². The Kier molecular flexibility index (Phi) is 6.99. The normalized spacial score (nSPS) is 12.0. The average molecular weight is 199 g/mol. The van der Waals surface area contributed by atoms with Gasteiger partial charge in [0.15, 0.2) is 0 Å². The summed E-state index contributed by atoms with van der Waals surface area (Å²) in [5.74, 6) is 0. The Morgan fingerprint density at radius 2 is 1.69 bits per heavy atom. The average Bonchev–Trinajstić information content (AvgIpc) is 2.01. The lowest BCUT2D eigenvalue weighted by molar-refractivity contribution is -0.133. The van der Waals surface area contributed by atoms with Gasteiger partial charge in [-0.05, 0) is 25.8 Å². The van der Waals surface area contributed by atoms with Gasteiger partial charge in [0.1, 0.15) is 0 Å². The molecular weight excluding hydrogens is 183 g/mol. The molecule has 0 bridgehead atoms. The van der Waals surface area contributed by atoms with E-state index in [4.69, 9.17) is 5.11 Å². The van der Waals surface area contributed by atoms with Crippen LogP contribution in [0.4, 0.5) is 13.2 Å². The minimum atomic E-state index is -4.06. The molecular formula is C8H16F3NO. The molecule has 0 rings (SSSR count). The van der Waals surface area contributed by atoms with Gasteiger partial charge in [-0.15, -0.1) is 0 Å². The van der Waals surface area contributed by atoms with E-state index in [0.29, 0.717) is 6.54 Å². The highest BCUT2D eigenvalue weighted by atomic mass is 19.4. The van der Waals surface area contributed by atoms with Crippen molar-refractivity contribution in [3.63, 3.8) is 0 Å². The van der Waals surface area contributed by atoms with Crippen molar-refractivity contribution in [3.8, 4) is 0 Å². The molecule has 0 amide bonds. The van der Waals surface area contributed by atoms with Gasteiger partial charge in [-0.2, -0.15) is 13.2 Å². The molecule has 0 radical (unpaired) electrons. The molecule has 0 aliphatic heterocycles. The van der Waals surface area contributed by atoms with Crippen LogP contribution in [0.3, 0.4) is 0 Å². The number of halogens is 3. The smallest absolute Gasteiger partial charge is 0.390 e. The maximum atomic E-state index is 11.6. The van der Waals surface area contributed by atoms with Gasteiger partial charge in [0.05, 0.1) is 6.42 Å². The van der Waals surface area contributed by atoms with E-state index in [0.717, 1.165) is 19.3 Å². The highest BCUT2D eigenvalue weighted by molar-refractivity contribution is 4.54. The highest BCUT2D eigenvalue weighted by Gasteiger charge is 2.25. The van der Waals surface area contributed by atoms with E-state index in [1.807, 2.05) is 0 Å². The number of aliphatic hydroxyl groups excluding tert-OH is 1. The first kappa shape index (κ1) is 12.7. The number of aliphatic hydroxyl groups is 1. The summed E-state index contributed by atoms with van der Waals surface area (Å²) in [6.45, 7) is 0.737. The van der Waals surface area contributed by atoms with Gasteiger partial charge < -0.3 is 10.4 Å². The predicted molar refractivity (Wildman–Crippen MR) is 44.5 cm³/mol. The highest BCUT2D eigenvalue weighted by Crippen LogP contribution is 2.17. The van der Waals surface area contributed by atoms with E-state index in [-0.39, 0.29) is 13.2 Å². The van der Waals surface area contributed by atoms with Crippen molar-refractivity contribution in [1.29, 1.82) is 0 Å². The molecule has 0 fully saturated rings. The summed E-state index contributed by atoms with van der Waals surface area (Å²) < 4.78 is 34.8. The van der Waals surface area contributed by atoms with Crippen molar-refractivity contribution < 1.29 is 18.3 Å². The van der Waals surface area contributed by atoms with E-state index in [9.17, 15) is 13.2 Å². The second-order valence-corrected chi connectivity index (χ2v) is 2.90. The van der Waals surface area contributed by atoms with E-state index in [1.165, 1.54) is 0 Å². The number of hydrogen-bond acceptors (Lipinski definition) is 2. The first-order valence-corrected chi connectivity index (χ1v) is 4.44. The van der Waals surface area contributed by atoms with Crippen molar-refractivity contribution in [2.75, 3.05) is 19.7 Å². The molecule has 0 aromatic heterocycles. The van der Waals surface area contributed by atoms with Gasteiger partial charge in [-0.3, -0.25) is 0 Å². The van der Waals surface area contributed by atoms with Gasteiger partial charge >= 0.3 is 6.18 Å². The topological polar surface area (TPSA) is 32.3 Å². The minimum absolute atomic E-state index is 0.0113. The van der Waals surface area contributed by atoms with Crippen LogP contribution in [0.1, 0.15) is 25.7 Å². The van der Waals surface area contributed by atoms with Crippen LogP contribution in [-0.4, -0.2) is 31.0 Å². The predicted octanol–water partition coefficient (Wildman–Crippen LogP) is 1.69. The fraction of sp³-hybridized carbons (Fsp3) is 1.00. The summed E-state index contributed by atoms with van der Waals surface area (Å²) in [6.07, 6.45) is -2.43. The van der Waals surface area contributed by atoms with Crippen molar-refractivity contribution in [2.45, 2.75) is 31.9 Å². The Hall–Kier alpha value is -0.290.